The Bertz CT molecular complexity index is 1510. The van der Waals surface area contributed by atoms with E-state index >= 15 is 0 Å². The molecule has 35 heavy (non-hydrogen) atoms. The third-order valence-electron chi connectivity index (χ3n) is 4.97. The van der Waals surface area contributed by atoms with Gasteiger partial charge < -0.3 is 11.1 Å². The highest BCUT2D eigenvalue weighted by Gasteiger charge is 2.35. The van der Waals surface area contributed by atoms with Crippen LogP contribution in [0.3, 0.4) is 0 Å². The molecule has 4 aromatic rings. The van der Waals surface area contributed by atoms with Gasteiger partial charge in [0.05, 0.1) is 28.7 Å². The maximum atomic E-state index is 13.6. The van der Waals surface area contributed by atoms with E-state index in [9.17, 15) is 32.0 Å². The van der Waals surface area contributed by atoms with Gasteiger partial charge in [0.2, 0.25) is 5.95 Å². The topological polar surface area (TPSA) is 151 Å². The van der Waals surface area contributed by atoms with E-state index in [4.69, 9.17) is 5.73 Å². The zero-order valence-corrected chi connectivity index (χ0v) is 17.6. The molecule has 0 aliphatic carbocycles. The fraction of sp³-hybridized carbons (Fsp3) is 0.200. The molecule has 0 aliphatic heterocycles. The van der Waals surface area contributed by atoms with Gasteiger partial charge in [-0.15, -0.1) is 0 Å². The van der Waals surface area contributed by atoms with Crippen molar-refractivity contribution >= 4 is 22.7 Å². The highest BCUT2D eigenvalue weighted by atomic mass is 19.4. The Morgan fingerprint density at radius 2 is 1.94 bits per heavy atom. The third-order valence-corrected chi connectivity index (χ3v) is 4.97. The van der Waals surface area contributed by atoms with Crippen LogP contribution in [0.1, 0.15) is 42.0 Å². The van der Waals surface area contributed by atoms with Crippen molar-refractivity contribution in [3.63, 3.8) is 0 Å². The summed E-state index contributed by atoms with van der Waals surface area (Å²) in [6.07, 6.45) is -6.69. The molecule has 0 aliphatic rings. The summed E-state index contributed by atoms with van der Waals surface area (Å²) in [5.74, 6) is -1.02. The average Bonchev–Trinajstić information content (AvgIpc) is 3.31. The van der Waals surface area contributed by atoms with E-state index < -0.39 is 52.4 Å². The summed E-state index contributed by atoms with van der Waals surface area (Å²) in [5.41, 5.74) is 1.54. The summed E-state index contributed by atoms with van der Waals surface area (Å²) >= 11 is 0. The van der Waals surface area contributed by atoms with Crippen LogP contribution >= 0.6 is 0 Å². The van der Waals surface area contributed by atoms with Crippen LogP contribution in [0, 0.1) is 11.3 Å². The van der Waals surface area contributed by atoms with Gasteiger partial charge in [0, 0.05) is 6.07 Å². The van der Waals surface area contributed by atoms with Crippen LogP contribution in [-0.2, 0) is 6.18 Å². The molecule has 0 saturated carbocycles. The quantitative estimate of drug-likeness (QED) is 0.359. The van der Waals surface area contributed by atoms with Crippen molar-refractivity contribution in [2.24, 2.45) is 0 Å². The molecule has 3 aromatic heterocycles. The van der Waals surface area contributed by atoms with E-state index in [0.29, 0.717) is 0 Å². The number of nitrogens with two attached hydrogens (primary N) is 1. The van der Waals surface area contributed by atoms with Crippen LogP contribution in [0.5, 0.6) is 0 Å². The molecule has 15 heteroatoms. The second kappa shape index (κ2) is 8.63. The van der Waals surface area contributed by atoms with Crippen LogP contribution < -0.4 is 16.6 Å². The number of nitrogen functional groups attached to an aromatic ring is 1. The Balaban J connectivity index is 1.95. The van der Waals surface area contributed by atoms with E-state index in [-0.39, 0.29) is 23.0 Å². The van der Waals surface area contributed by atoms with E-state index in [2.05, 4.69) is 30.5 Å². The molecule has 0 radical (unpaired) electrons. The molecule has 180 valence electrons. The molecule has 10 nitrogen and oxygen atoms in total. The van der Waals surface area contributed by atoms with Crippen LogP contribution in [0.25, 0.3) is 16.7 Å². The molecule has 0 fully saturated rings. The number of nitrogens with one attached hydrogen (secondary N) is 2. The Morgan fingerprint density at radius 3 is 2.54 bits per heavy atom. The van der Waals surface area contributed by atoms with Crippen LogP contribution in [0.15, 0.2) is 35.3 Å². The zero-order valence-electron chi connectivity index (χ0n) is 17.6. The number of hydrogen-bond acceptors (Lipinski definition) is 8. The number of alkyl halides is 5. The minimum Gasteiger partial charge on any atom is -0.368 e. The second-order valence-corrected chi connectivity index (χ2v) is 7.22. The monoisotopic (exact) mass is 491 g/mol. The molecular formula is C20H14F5N9O. The number of benzene rings is 1. The first-order chi connectivity index (χ1) is 16.5. The fourth-order valence-corrected chi connectivity index (χ4v) is 3.52. The number of H-pyrrole nitrogens is 1. The lowest BCUT2D eigenvalue weighted by atomic mass is 10.1. The first-order valence-corrected chi connectivity index (χ1v) is 9.77. The van der Waals surface area contributed by atoms with E-state index in [1.54, 1.807) is 6.07 Å². The predicted molar refractivity (Wildman–Crippen MR) is 113 cm³/mol. The fourth-order valence-electron chi connectivity index (χ4n) is 3.52. The summed E-state index contributed by atoms with van der Waals surface area (Å²) in [5, 5.41) is 17.6. The first-order valence-electron chi connectivity index (χ1n) is 9.77. The Hall–Kier alpha value is -4.61. The maximum absolute atomic E-state index is 13.6. The number of halogens is 5. The maximum Gasteiger partial charge on any atom is 0.417 e. The average molecular weight is 491 g/mol. The van der Waals surface area contributed by atoms with Crippen molar-refractivity contribution in [2.75, 3.05) is 11.1 Å². The van der Waals surface area contributed by atoms with Crippen LogP contribution in [-0.4, -0.2) is 29.7 Å². The Morgan fingerprint density at radius 1 is 1.20 bits per heavy atom. The van der Waals surface area contributed by atoms with Gasteiger partial charge in [-0.05, 0) is 19.1 Å². The number of anilines is 2. The molecule has 0 spiro atoms. The minimum atomic E-state index is -4.83. The first kappa shape index (κ1) is 23.5. The number of rotatable bonds is 5. The summed E-state index contributed by atoms with van der Waals surface area (Å²) in [6.45, 7) is 1.44. The number of aromatic nitrogens is 6. The van der Waals surface area contributed by atoms with Gasteiger partial charge in [0.1, 0.15) is 29.0 Å². The number of aromatic amines is 1. The molecular weight excluding hydrogens is 477 g/mol. The van der Waals surface area contributed by atoms with Crippen LogP contribution in [0.2, 0.25) is 0 Å². The molecule has 0 saturated heterocycles. The van der Waals surface area contributed by atoms with Gasteiger partial charge in [-0.3, -0.25) is 9.89 Å². The highest BCUT2D eigenvalue weighted by molar-refractivity contribution is 5.82. The highest BCUT2D eigenvalue weighted by Crippen LogP contribution is 2.34. The normalized spacial score (nSPS) is 12.6. The minimum absolute atomic E-state index is 0.000931. The smallest absolute Gasteiger partial charge is 0.368 e. The van der Waals surface area contributed by atoms with Crippen molar-refractivity contribution < 1.29 is 22.0 Å². The Kier molecular flexibility index (Phi) is 5.81. The van der Waals surface area contributed by atoms with Gasteiger partial charge in [0.15, 0.2) is 5.82 Å². The lowest BCUT2D eigenvalue weighted by molar-refractivity contribution is -0.136. The van der Waals surface area contributed by atoms with Gasteiger partial charge >= 0.3 is 6.18 Å². The summed E-state index contributed by atoms with van der Waals surface area (Å²) < 4.78 is 68.4. The predicted octanol–water partition coefficient (Wildman–Crippen LogP) is 3.48. The van der Waals surface area contributed by atoms with Crippen LogP contribution in [0.4, 0.5) is 33.7 Å². The van der Waals surface area contributed by atoms with Gasteiger partial charge in [-0.2, -0.15) is 28.5 Å². The van der Waals surface area contributed by atoms with Gasteiger partial charge in [0.25, 0.3) is 12.0 Å². The standard InChI is InChI=1S/C20H14F5N9O/c1-8(29-16-9(7-26)14(15(21)22)31-19(27)32-16)17-30-11-4-2-3-10(20(23,24)25)13(11)18(35)34(17)12-5-6-28-33-12/h2-6,8,15H,1H3,(H,28,33)(H3,27,29,31,32). The summed E-state index contributed by atoms with van der Waals surface area (Å²) in [7, 11) is 0. The van der Waals surface area contributed by atoms with Crippen molar-refractivity contribution in [3.05, 3.63) is 63.5 Å². The lowest BCUT2D eigenvalue weighted by Gasteiger charge is -2.21. The molecule has 1 atom stereocenters. The lowest BCUT2D eigenvalue weighted by Crippen LogP contribution is -2.29. The molecule has 1 aromatic carbocycles. The molecule has 0 bridgehead atoms. The zero-order chi connectivity index (χ0) is 25.5. The summed E-state index contributed by atoms with van der Waals surface area (Å²) in [4.78, 5) is 24.8. The number of nitrogens with zero attached hydrogens (tertiary/aromatic N) is 6. The van der Waals surface area contributed by atoms with E-state index in [1.807, 2.05) is 0 Å². The molecule has 4 rings (SSSR count). The van der Waals surface area contributed by atoms with Crippen molar-refractivity contribution in [1.29, 1.82) is 5.26 Å². The molecule has 1 unspecified atom stereocenters. The van der Waals surface area contributed by atoms with E-state index in [1.165, 1.54) is 25.3 Å². The largest absolute Gasteiger partial charge is 0.417 e. The number of hydrogen-bond donors (Lipinski definition) is 3. The molecule has 4 N–H and O–H groups in total. The van der Waals surface area contributed by atoms with Gasteiger partial charge in [-0.1, -0.05) is 6.07 Å². The van der Waals surface area contributed by atoms with Crippen molar-refractivity contribution in [3.8, 4) is 11.9 Å². The Labute approximate surface area is 192 Å². The third kappa shape index (κ3) is 4.21. The molecule has 0 amide bonds. The second-order valence-electron chi connectivity index (χ2n) is 7.22. The van der Waals surface area contributed by atoms with Gasteiger partial charge in [-0.25, -0.2) is 23.3 Å². The molecule has 3 heterocycles. The SMILES string of the molecule is CC(Nc1nc(N)nc(C(F)F)c1C#N)c1nc2cccc(C(F)(F)F)c2c(=O)n1-c1ccn[nH]1. The van der Waals surface area contributed by atoms with E-state index in [0.717, 1.165) is 16.7 Å². The summed E-state index contributed by atoms with van der Waals surface area (Å²) in [6, 6.07) is 4.97. The number of nitriles is 1. The number of fused-ring (bicyclic) bond motifs is 1. The van der Waals surface area contributed by atoms with Crippen molar-refractivity contribution in [1.82, 2.24) is 29.7 Å². The van der Waals surface area contributed by atoms with Crippen molar-refractivity contribution in [2.45, 2.75) is 25.6 Å².